The van der Waals surface area contributed by atoms with Gasteiger partial charge in [-0.3, -0.25) is 4.90 Å². The second-order valence-electron chi connectivity index (χ2n) is 6.56. The van der Waals surface area contributed by atoms with Crippen molar-refractivity contribution < 1.29 is 13.7 Å². The molecule has 3 rings (SSSR count). The summed E-state index contributed by atoms with van der Waals surface area (Å²) in [6, 6.07) is 7.21. The molecule has 24 heavy (non-hydrogen) atoms. The molecule has 0 spiro atoms. The summed E-state index contributed by atoms with van der Waals surface area (Å²) < 4.78 is 24.1. The molecule has 2 heterocycles. The third-order valence-corrected chi connectivity index (χ3v) is 4.93. The molecule has 1 aliphatic heterocycles. The Labute approximate surface area is 141 Å². The summed E-state index contributed by atoms with van der Waals surface area (Å²) in [6.07, 6.45) is 1.90. The van der Waals surface area contributed by atoms with E-state index >= 15 is 0 Å². The summed E-state index contributed by atoms with van der Waals surface area (Å²) in [7, 11) is 1.58. The zero-order valence-corrected chi connectivity index (χ0v) is 14.6. The molecule has 130 valence electrons. The van der Waals surface area contributed by atoms with Crippen LogP contribution in [-0.2, 0) is 4.74 Å². The maximum atomic E-state index is 13.1. The molecule has 0 N–H and O–H groups in total. The summed E-state index contributed by atoms with van der Waals surface area (Å²) in [4.78, 5) is 6.97. The van der Waals surface area contributed by atoms with Crippen LogP contribution in [0.1, 0.15) is 63.0 Å². The number of nitrogens with zero attached hydrogens (tertiary/aromatic N) is 3. The van der Waals surface area contributed by atoms with Crippen molar-refractivity contribution in [3.63, 3.8) is 0 Å². The van der Waals surface area contributed by atoms with E-state index in [1.54, 1.807) is 19.2 Å². The van der Waals surface area contributed by atoms with Gasteiger partial charge in [0.15, 0.2) is 0 Å². The van der Waals surface area contributed by atoms with Crippen molar-refractivity contribution in [3.8, 4) is 0 Å². The van der Waals surface area contributed by atoms with Gasteiger partial charge in [0.05, 0.1) is 6.04 Å². The van der Waals surface area contributed by atoms with Crippen LogP contribution in [0.5, 0.6) is 0 Å². The van der Waals surface area contributed by atoms with Gasteiger partial charge in [0.25, 0.3) is 0 Å². The Hall–Kier alpha value is -1.79. The van der Waals surface area contributed by atoms with Crippen molar-refractivity contribution in [2.45, 2.75) is 57.8 Å². The lowest BCUT2D eigenvalue weighted by atomic mass is 10.1. The molecule has 1 saturated heterocycles. The molecule has 0 amide bonds. The van der Waals surface area contributed by atoms with Gasteiger partial charge in [0.1, 0.15) is 11.9 Å². The van der Waals surface area contributed by atoms with Crippen LogP contribution in [-0.4, -0.2) is 34.2 Å². The fraction of sp³-hybridized carbons (Fsp3) is 0.556. The van der Waals surface area contributed by atoms with Crippen LogP contribution in [0.4, 0.5) is 4.39 Å². The minimum absolute atomic E-state index is 0.0597. The van der Waals surface area contributed by atoms with E-state index in [1.807, 2.05) is 0 Å². The number of aromatic nitrogens is 2. The normalized spacial score (nSPS) is 24.2. The number of likely N-dealkylation sites (tertiary alicyclic amines) is 1. The number of rotatable bonds is 5. The van der Waals surface area contributed by atoms with Gasteiger partial charge < -0.3 is 9.26 Å². The molecule has 1 aliphatic rings. The third kappa shape index (κ3) is 3.21. The zero-order valence-electron chi connectivity index (χ0n) is 14.6. The van der Waals surface area contributed by atoms with Crippen molar-refractivity contribution in [3.05, 3.63) is 47.4 Å². The van der Waals surface area contributed by atoms with Crippen LogP contribution in [0.15, 0.2) is 28.8 Å². The Balaban J connectivity index is 1.82. The number of methoxy groups -OCH3 is 1. The Morgan fingerprint density at radius 2 is 1.83 bits per heavy atom. The molecule has 4 unspecified atom stereocenters. The summed E-state index contributed by atoms with van der Waals surface area (Å²) in [5, 5.41) is 4.10. The van der Waals surface area contributed by atoms with E-state index in [4.69, 9.17) is 9.26 Å². The maximum Gasteiger partial charge on any atom is 0.243 e. The van der Waals surface area contributed by atoms with E-state index in [-0.39, 0.29) is 11.9 Å². The highest BCUT2D eigenvalue weighted by atomic mass is 19.1. The Morgan fingerprint density at radius 1 is 1.21 bits per heavy atom. The Morgan fingerprint density at radius 3 is 2.42 bits per heavy atom. The lowest BCUT2D eigenvalue weighted by Gasteiger charge is -2.30. The number of ether oxygens (including phenoxy) is 1. The van der Waals surface area contributed by atoms with Gasteiger partial charge in [-0.15, -0.1) is 0 Å². The topological polar surface area (TPSA) is 51.4 Å². The lowest BCUT2D eigenvalue weighted by Crippen LogP contribution is -2.35. The average molecular weight is 333 g/mol. The summed E-state index contributed by atoms with van der Waals surface area (Å²) in [5.41, 5.74) is 0.793. The quantitative estimate of drug-likeness (QED) is 0.831. The molecule has 4 atom stereocenters. The van der Waals surface area contributed by atoms with E-state index < -0.39 is 6.10 Å². The molecule has 1 fully saturated rings. The maximum absolute atomic E-state index is 13.1. The Kier molecular flexibility index (Phi) is 4.96. The summed E-state index contributed by atoms with van der Waals surface area (Å²) in [5.74, 6) is 0.772. The van der Waals surface area contributed by atoms with Gasteiger partial charge in [-0.1, -0.05) is 17.3 Å². The molecule has 1 aromatic carbocycles. The van der Waals surface area contributed by atoms with E-state index in [1.165, 1.54) is 25.0 Å². The van der Waals surface area contributed by atoms with Crippen molar-refractivity contribution in [1.29, 1.82) is 0 Å². The van der Waals surface area contributed by atoms with E-state index in [2.05, 4.69) is 35.8 Å². The Bertz CT molecular complexity index is 663. The fourth-order valence-corrected chi connectivity index (χ4v) is 3.66. The highest BCUT2D eigenvalue weighted by Crippen LogP contribution is 2.33. The minimum atomic E-state index is -0.469. The van der Waals surface area contributed by atoms with Crippen molar-refractivity contribution in [1.82, 2.24) is 15.0 Å². The molecule has 5 nitrogen and oxygen atoms in total. The first-order valence-electron chi connectivity index (χ1n) is 8.40. The van der Waals surface area contributed by atoms with Crippen LogP contribution < -0.4 is 0 Å². The standard InChI is InChI=1S/C18H24FN3O2/c1-11-5-6-12(2)22(11)13(3)18-20-17(21-24-18)16(23-4)14-7-9-15(19)10-8-14/h7-13,16H,5-6H2,1-4H3. The fourth-order valence-electron chi connectivity index (χ4n) is 3.66. The second kappa shape index (κ2) is 6.99. The predicted molar refractivity (Wildman–Crippen MR) is 88.0 cm³/mol. The second-order valence-corrected chi connectivity index (χ2v) is 6.56. The summed E-state index contributed by atoms with van der Waals surface area (Å²) >= 11 is 0. The molecular weight excluding hydrogens is 309 g/mol. The first-order valence-corrected chi connectivity index (χ1v) is 8.40. The summed E-state index contributed by atoms with van der Waals surface area (Å²) in [6.45, 7) is 6.55. The largest absolute Gasteiger partial charge is 0.369 e. The molecular formula is C18H24FN3O2. The average Bonchev–Trinajstić information content (AvgIpc) is 3.17. The van der Waals surface area contributed by atoms with E-state index in [0.717, 1.165) is 5.56 Å². The van der Waals surface area contributed by atoms with Crippen LogP contribution >= 0.6 is 0 Å². The smallest absolute Gasteiger partial charge is 0.243 e. The van der Waals surface area contributed by atoms with Gasteiger partial charge in [0.2, 0.25) is 11.7 Å². The molecule has 1 aromatic heterocycles. The molecule has 0 aliphatic carbocycles. The van der Waals surface area contributed by atoms with Crippen molar-refractivity contribution in [2.75, 3.05) is 7.11 Å². The monoisotopic (exact) mass is 333 g/mol. The highest BCUT2D eigenvalue weighted by molar-refractivity contribution is 5.23. The molecule has 0 radical (unpaired) electrons. The molecule has 6 heteroatoms. The van der Waals surface area contributed by atoms with Crippen LogP contribution in [0.3, 0.4) is 0 Å². The van der Waals surface area contributed by atoms with Gasteiger partial charge in [-0.05, 0) is 51.3 Å². The van der Waals surface area contributed by atoms with Gasteiger partial charge >= 0.3 is 0 Å². The van der Waals surface area contributed by atoms with Crippen molar-refractivity contribution in [2.24, 2.45) is 0 Å². The number of halogens is 1. The highest BCUT2D eigenvalue weighted by Gasteiger charge is 2.34. The van der Waals surface area contributed by atoms with Gasteiger partial charge in [-0.25, -0.2) is 4.39 Å². The van der Waals surface area contributed by atoms with Crippen LogP contribution in [0.2, 0.25) is 0 Å². The lowest BCUT2D eigenvalue weighted by molar-refractivity contribution is 0.124. The molecule has 2 aromatic rings. The minimum Gasteiger partial charge on any atom is -0.369 e. The first-order chi connectivity index (χ1) is 11.5. The number of hydrogen-bond acceptors (Lipinski definition) is 5. The number of hydrogen-bond donors (Lipinski definition) is 0. The van der Waals surface area contributed by atoms with Crippen molar-refractivity contribution >= 4 is 0 Å². The number of benzene rings is 1. The molecule has 0 bridgehead atoms. The molecule has 0 saturated carbocycles. The van der Waals surface area contributed by atoms with Gasteiger partial charge in [0, 0.05) is 19.2 Å². The van der Waals surface area contributed by atoms with E-state index in [9.17, 15) is 4.39 Å². The van der Waals surface area contributed by atoms with E-state index in [0.29, 0.717) is 23.8 Å². The zero-order chi connectivity index (χ0) is 17.3. The van der Waals surface area contributed by atoms with Gasteiger partial charge in [-0.2, -0.15) is 4.98 Å². The van der Waals surface area contributed by atoms with Crippen LogP contribution in [0.25, 0.3) is 0 Å². The van der Waals surface area contributed by atoms with Crippen LogP contribution in [0, 0.1) is 5.82 Å². The predicted octanol–water partition coefficient (Wildman–Crippen LogP) is 3.88. The SMILES string of the molecule is COC(c1ccc(F)cc1)c1noc(C(C)N2C(C)CCC2C)n1. The third-order valence-electron chi connectivity index (χ3n) is 4.93. The first kappa shape index (κ1) is 17.0.